The van der Waals surface area contributed by atoms with Crippen molar-refractivity contribution in [3.05, 3.63) is 57.6 Å². The molecule has 1 N–H and O–H groups in total. The van der Waals surface area contributed by atoms with Crippen molar-refractivity contribution in [1.82, 2.24) is 5.32 Å². The predicted octanol–water partition coefficient (Wildman–Crippen LogP) is 4.60. The normalized spacial score (nSPS) is 12.1. The van der Waals surface area contributed by atoms with E-state index in [1.165, 1.54) is 12.1 Å². The second-order valence-electron chi connectivity index (χ2n) is 5.07. The first-order chi connectivity index (χ1) is 11.0. The van der Waals surface area contributed by atoms with Crippen molar-refractivity contribution in [2.24, 2.45) is 0 Å². The van der Waals surface area contributed by atoms with Gasteiger partial charge in [-0.25, -0.2) is 8.78 Å². The Bertz CT molecular complexity index is 695. The van der Waals surface area contributed by atoms with Gasteiger partial charge in [0.1, 0.15) is 11.6 Å². The van der Waals surface area contributed by atoms with Gasteiger partial charge < -0.3 is 14.8 Å². The van der Waals surface area contributed by atoms with Crippen LogP contribution >= 0.6 is 15.9 Å². The van der Waals surface area contributed by atoms with E-state index >= 15 is 0 Å². The standard InChI is InChI=1S/C17H18BrF2NO2/c1-10(13-5-4-12(19)7-15(13)20)21-9-11-6-16(22-2)17(23-3)8-14(11)18/h4-8,10,21H,9H2,1-3H3. The van der Waals surface area contributed by atoms with Crippen LogP contribution in [-0.4, -0.2) is 14.2 Å². The van der Waals surface area contributed by atoms with Gasteiger partial charge in [-0.1, -0.05) is 22.0 Å². The van der Waals surface area contributed by atoms with E-state index in [1.807, 2.05) is 19.1 Å². The number of ether oxygens (including phenoxy) is 2. The predicted molar refractivity (Wildman–Crippen MR) is 88.9 cm³/mol. The molecule has 0 fully saturated rings. The van der Waals surface area contributed by atoms with E-state index in [4.69, 9.17) is 9.47 Å². The molecule has 3 nitrogen and oxygen atoms in total. The van der Waals surface area contributed by atoms with Gasteiger partial charge in [-0.2, -0.15) is 0 Å². The number of halogens is 3. The Morgan fingerprint density at radius 3 is 2.35 bits per heavy atom. The lowest BCUT2D eigenvalue weighted by Gasteiger charge is -2.17. The lowest BCUT2D eigenvalue weighted by molar-refractivity contribution is 0.354. The Morgan fingerprint density at radius 2 is 1.74 bits per heavy atom. The molecule has 2 rings (SSSR count). The Balaban J connectivity index is 2.14. The molecule has 0 aromatic heterocycles. The van der Waals surface area contributed by atoms with Crippen LogP contribution in [0.5, 0.6) is 11.5 Å². The SMILES string of the molecule is COc1cc(Br)c(CNC(C)c2ccc(F)cc2F)cc1OC. The van der Waals surface area contributed by atoms with Crippen LogP contribution in [0.2, 0.25) is 0 Å². The maximum Gasteiger partial charge on any atom is 0.161 e. The maximum atomic E-state index is 13.8. The van der Waals surface area contributed by atoms with Gasteiger partial charge in [-0.15, -0.1) is 0 Å². The topological polar surface area (TPSA) is 30.5 Å². The summed E-state index contributed by atoms with van der Waals surface area (Å²) in [6.45, 7) is 2.31. The molecule has 124 valence electrons. The summed E-state index contributed by atoms with van der Waals surface area (Å²) in [6, 6.07) is 6.99. The van der Waals surface area contributed by atoms with E-state index in [0.717, 1.165) is 16.1 Å². The Labute approximate surface area is 142 Å². The van der Waals surface area contributed by atoms with E-state index < -0.39 is 11.6 Å². The van der Waals surface area contributed by atoms with Crippen LogP contribution in [0.3, 0.4) is 0 Å². The molecule has 0 spiro atoms. The highest BCUT2D eigenvalue weighted by Crippen LogP contribution is 2.33. The molecule has 0 amide bonds. The van der Waals surface area contributed by atoms with Crippen molar-refractivity contribution >= 4 is 15.9 Å². The quantitative estimate of drug-likeness (QED) is 0.788. The maximum absolute atomic E-state index is 13.8. The molecule has 0 aliphatic rings. The summed E-state index contributed by atoms with van der Waals surface area (Å²) in [7, 11) is 3.14. The zero-order chi connectivity index (χ0) is 17.0. The Morgan fingerprint density at radius 1 is 1.09 bits per heavy atom. The van der Waals surface area contributed by atoms with Crippen molar-refractivity contribution in [2.75, 3.05) is 14.2 Å². The molecular weight excluding hydrogens is 368 g/mol. The minimum absolute atomic E-state index is 0.268. The minimum atomic E-state index is -0.582. The van der Waals surface area contributed by atoms with Crippen molar-refractivity contribution in [2.45, 2.75) is 19.5 Å². The van der Waals surface area contributed by atoms with E-state index in [-0.39, 0.29) is 6.04 Å². The van der Waals surface area contributed by atoms with Crippen LogP contribution < -0.4 is 14.8 Å². The Hall–Kier alpha value is -1.66. The van der Waals surface area contributed by atoms with Crippen molar-refractivity contribution in [1.29, 1.82) is 0 Å². The van der Waals surface area contributed by atoms with E-state index in [9.17, 15) is 8.78 Å². The van der Waals surface area contributed by atoms with Crippen LogP contribution in [0.1, 0.15) is 24.1 Å². The number of hydrogen-bond donors (Lipinski definition) is 1. The van der Waals surface area contributed by atoms with Gasteiger partial charge in [0.2, 0.25) is 0 Å². The molecule has 1 unspecified atom stereocenters. The highest BCUT2D eigenvalue weighted by atomic mass is 79.9. The minimum Gasteiger partial charge on any atom is -0.493 e. The lowest BCUT2D eigenvalue weighted by atomic mass is 10.1. The molecule has 0 saturated carbocycles. The summed E-state index contributed by atoms with van der Waals surface area (Å²) in [4.78, 5) is 0. The highest BCUT2D eigenvalue weighted by Gasteiger charge is 2.14. The van der Waals surface area contributed by atoms with Gasteiger partial charge in [0.15, 0.2) is 11.5 Å². The fourth-order valence-corrected chi connectivity index (χ4v) is 2.72. The third-order valence-corrected chi connectivity index (χ3v) is 4.32. The third-order valence-electron chi connectivity index (χ3n) is 3.58. The molecule has 0 radical (unpaired) electrons. The largest absolute Gasteiger partial charge is 0.493 e. The average molecular weight is 386 g/mol. The zero-order valence-electron chi connectivity index (χ0n) is 13.1. The summed E-state index contributed by atoms with van der Waals surface area (Å²) in [5, 5.41) is 3.22. The lowest BCUT2D eigenvalue weighted by Crippen LogP contribution is -2.19. The van der Waals surface area contributed by atoms with E-state index in [2.05, 4.69) is 21.2 Å². The van der Waals surface area contributed by atoms with Gasteiger partial charge >= 0.3 is 0 Å². The number of hydrogen-bond acceptors (Lipinski definition) is 3. The summed E-state index contributed by atoms with van der Waals surface area (Å²) in [6.07, 6.45) is 0. The monoisotopic (exact) mass is 385 g/mol. The van der Waals surface area contributed by atoms with Crippen molar-refractivity contribution in [3.8, 4) is 11.5 Å². The highest BCUT2D eigenvalue weighted by molar-refractivity contribution is 9.10. The zero-order valence-corrected chi connectivity index (χ0v) is 14.7. The molecular formula is C17H18BrF2NO2. The number of rotatable bonds is 6. The molecule has 6 heteroatoms. The second-order valence-corrected chi connectivity index (χ2v) is 5.92. The number of methoxy groups -OCH3 is 2. The fraction of sp³-hybridized carbons (Fsp3) is 0.294. The molecule has 0 bridgehead atoms. The van der Waals surface area contributed by atoms with Gasteiger partial charge in [0.05, 0.1) is 14.2 Å². The molecule has 2 aromatic carbocycles. The summed E-state index contributed by atoms with van der Waals surface area (Å²) in [5.41, 5.74) is 1.36. The second kappa shape index (κ2) is 7.75. The van der Waals surface area contributed by atoms with E-state index in [1.54, 1.807) is 14.2 Å². The third kappa shape index (κ3) is 4.20. The van der Waals surface area contributed by atoms with Gasteiger partial charge in [-0.05, 0) is 30.7 Å². The molecule has 0 heterocycles. The van der Waals surface area contributed by atoms with Crippen LogP contribution in [0.15, 0.2) is 34.8 Å². The summed E-state index contributed by atoms with van der Waals surface area (Å²) >= 11 is 3.48. The fourth-order valence-electron chi connectivity index (χ4n) is 2.26. The van der Waals surface area contributed by atoms with Crippen LogP contribution in [0.25, 0.3) is 0 Å². The first-order valence-corrected chi connectivity index (χ1v) is 7.84. The van der Waals surface area contributed by atoms with Crippen LogP contribution in [0, 0.1) is 11.6 Å². The molecule has 0 saturated heterocycles. The van der Waals surface area contributed by atoms with Crippen molar-refractivity contribution in [3.63, 3.8) is 0 Å². The smallest absolute Gasteiger partial charge is 0.161 e. The van der Waals surface area contributed by atoms with E-state index in [0.29, 0.717) is 23.6 Å². The summed E-state index contributed by atoms with van der Waals surface area (Å²) < 4.78 is 38.1. The number of benzene rings is 2. The van der Waals surface area contributed by atoms with Gasteiger partial charge in [0.25, 0.3) is 0 Å². The Kier molecular flexibility index (Phi) is 5.96. The molecule has 0 aliphatic heterocycles. The molecule has 0 aliphatic carbocycles. The van der Waals surface area contributed by atoms with Gasteiger partial charge in [-0.3, -0.25) is 0 Å². The van der Waals surface area contributed by atoms with Crippen LogP contribution in [-0.2, 0) is 6.54 Å². The molecule has 23 heavy (non-hydrogen) atoms. The van der Waals surface area contributed by atoms with Gasteiger partial charge in [0, 0.05) is 28.7 Å². The first-order valence-electron chi connectivity index (χ1n) is 7.05. The number of nitrogens with one attached hydrogen (secondary N) is 1. The first kappa shape index (κ1) is 17.7. The summed E-state index contributed by atoms with van der Waals surface area (Å²) in [5.74, 6) is 0.103. The van der Waals surface area contributed by atoms with Crippen LogP contribution in [0.4, 0.5) is 8.78 Å². The molecule has 1 atom stereocenters. The molecule has 2 aromatic rings. The average Bonchev–Trinajstić information content (AvgIpc) is 2.53. The van der Waals surface area contributed by atoms with Crippen molar-refractivity contribution < 1.29 is 18.3 Å².